The van der Waals surface area contributed by atoms with Crippen LogP contribution in [0.3, 0.4) is 0 Å². The first-order chi connectivity index (χ1) is 6.40. The zero-order valence-corrected chi connectivity index (χ0v) is 7.32. The van der Waals surface area contributed by atoms with Crippen LogP contribution < -0.4 is 4.74 Å². The van der Waals surface area contributed by atoms with Gasteiger partial charge in [-0.1, -0.05) is 6.92 Å². The van der Waals surface area contributed by atoms with E-state index in [1.165, 1.54) is 6.33 Å². The maximum Gasteiger partial charge on any atom is 0.296 e. The third kappa shape index (κ3) is 1.58. The van der Waals surface area contributed by atoms with Crippen molar-refractivity contribution >= 4 is 11.2 Å². The Morgan fingerprint density at radius 3 is 3.23 bits per heavy atom. The molecule has 5 heteroatoms. The second-order valence-electron chi connectivity index (χ2n) is 2.65. The van der Waals surface area contributed by atoms with Gasteiger partial charge >= 0.3 is 0 Å². The molecule has 0 spiro atoms. The highest BCUT2D eigenvalue weighted by molar-refractivity contribution is 5.69. The van der Waals surface area contributed by atoms with Gasteiger partial charge in [-0.25, -0.2) is 9.97 Å². The van der Waals surface area contributed by atoms with Crippen LogP contribution in [0.25, 0.3) is 11.2 Å². The van der Waals surface area contributed by atoms with Crippen molar-refractivity contribution < 1.29 is 4.74 Å². The van der Waals surface area contributed by atoms with Gasteiger partial charge in [0.1, 0.15) is 11.8 Å². The molecule has 0 saturated carbocycles. The molecule has 0 atom stereocenters. The van der Waals surface area contributed by atoms with Gasteiger partial charge in [0.2, 0.25) is 0 Å². The standard InChI is InChI=1S/C8H10N4O/c1-2-3-13-8-11-6-4-9-5-10-7(6)12-8/h4-5H,2-3H2,1H3,(H,9,10,11,12). The second-order valence-corrected chi connectivity index (χ2v) is 2.65. The van der Waals surface area contributed by atoms with Crippen molar-refractivity contribution in [1.82, 2.24) is 19.9 Å². The molecule has 1 N–H and O–H groups in total. The number of nitrogens with one attached hydrogen (secondary N) is 1. The molecule has 68 valence electrons. The largest absolute Gasteiger partial charge is 0.465 e. The third-order valence-electron chi connectivity index (χ3n) is 1.58. The topological polar surface area (TPSA) is 63.7 Å². The first-order valence-corrected chi connectivity index (χ1v) is 4.18. The summed E-state index contributed by atoms with van der Waals surface area (Å²) in [6.45, 7) is 2.70. The normalized spacial score (nSPS) is 10.5. The summed E-state index contributed by atoms with van der Waals surface area (Å²) in [5.41, 5.74) is 1.44. The van der Waals surface area contributed by atoms with Crippen LogP contribution in [0.1, 0.15) is 13.3 Å². The molecule has 0 fully saturated rings. The smallest absolute Gasteiger partial charge is 0.296 e. The second kappa shape index (κ2) is 3.38. The summed E-state index contributed by atoms with van der Waals surface area (Å²) in [6, 6.07) is 0.511. The van der Waals surface area contributed by atoms with Crippen molar-refractivity contribution in [3.63, 3.8) is 0 Å². The van der Waals surface area contributed by atoms with Crippen LogP contribution >= 0.6 is 0 Å². The summed E-state index contributed by atoms with van der Waals surface area (Å²) in [5.74, 6) is 0. The number of hydrogen-bond donors (Lipinski definition) is 1. The van der Waals surface area contributed by atoms with E-state index in [0.717, 1.165) is 11.9 Å². The lowest BCUT2D eigenvalue weighted by Gasteiger charge is -1.96. The summed E-state index contributed by atoms with van der Waals surface area (Å²) < 4.78 is 5.31. The Kier molecular flexibility index (Phi) is 2.08. The van der Waals surface area contributed by atoms with E-state index in [4.69, 9.17) is 4.74 Å². The highest BCUT2D eigenvalue weighted by atomic mass is 16.5. The van der Waals surface area contributed by atoms with Gasteiger partial charge < -0.3 is 9.72 Å². The van der Waals surface area contributed by atoms with E-state index in [0.29, 0.717) is 18.3 Å². The molecule has 5 nitrogen and oxygen atoms in total. The lowest BCUT2D eigenvalue weighted by molar-refractivity contribution is 0.296. The Balaban J connectivity index is 2.28. The Labute approximate surface area is 75.2 Å². The van der Waals surface area contributed by atoms with Crippen LogP contribution in [0.15, 0.2) is 12.5 Å². The minimum Gasteiger partial charge on any atom is -0.465 e. The molecule has 0 radical (unpaired) electrons. The number of imidazole rings is 1. The fourth-order valence-electron chi connectivity index (χ4n) is 1.01. The van der Waals surface area contributed by atoms with Gasteiger partial charge in [-0.2, -0.15) is 4.98 Å². The van der Waals surface area contributed by atoms with Gasteiger partial charge in [-0.3, -0.25) is 0 Å². The van der Waals surface area contributed by atoms with Crippen molar-refractivity contribution in [3.8, 4) is 6.01 Å². The number of aromatic nitrogens is 4. The van der Waals surface area contributed by atoms with Crippen molar-refractivity contribution in [2.24, 2.45) is 0 Å². The predicted octanol–water partition coefficient (Wildman–Crippen LogP) is 1.14. The van der Waals surface area contributed by atoms with E-state index in [1.807, 2.05) is 6.92 Å². The molecule has 0 aliphatic rings. The van der Waals surface area contributed by atoms with Crippen LogP contribution in [0.4, 0.5) is 0 Å². The summed E-state index contributed by atoms with van der Waals surface area (Å²) >= 11 is 0. The third-order valence-corrected chi connectivity index (χ3v) is 1.58. The predicted molar refractivity (Wildman–Crippen MR) is 47.5 cm³/mol. The number of nitrogens with zero attached hydrogens (tertiary/aromatic N) is 3. The average molecular weight is 178 g/mol. The molecule has 0 aromatic carbocycles. The molecule has 13 heavy (non-hydrogen) atoms. The highest BCUT2D eigenvalue weighted by Gasteiger charge is 2.02. The molecular formula is C8H10N4O. The van der Waals surface area contributed by atoms with Crippen LogP contribution in [0.5, 0.6) is 6.01 Å². The number of fused-ring (bicyclic) bond motifs is 1. The minimum atomic E-state index is 0.511. The Morgan fingerprint density at radius 1 is 1.54 bits per heavy atom. The van der Waals surface area contributed by atoms with E-state index in [1.54, 1.807) is 6.20 Å². The molecule has 0 amide bonds. The first kappa shape index (κ1) is 7.97. The molecule has 2 rings (SSSR count). The Hall–Kier alpha value is -1.65. The molecule has 2 aromatic rings. The summed E-state index contributed by atoms with van der Waals surface area (Å²) in [4.78, 5) is 14.9. The van der Waals surface area contributed by atoms with Gasteiger partial charge in [0.25, 0.3) is 6.01 Å². The number of aromatic amines is 1. The lowest BCUT2D eigenvalue weighted by Crippen LogP contribution is -1.95. The molecule has 2 aromatic heterocycles. The number of ether oxygens (including phenoxy) is 1. The summed E-state index contributed by atoms with van der Waals surface area (Å²) in [7, 11) is 0. The van der Waals surface area contributed by atoms with Gasteiger partial charge in [0, 0.05) is 0 Å². The maximum absolute atomic E-state index is 5.31. The van der Waals surface area contributed by atoms with Crippen molar-refractivity contribution in [1.29, 1.82) is 0 Å². The molecule has 0 aliphatic heterocycles. The van der Waals surface area contributed by atoms with Gasteiger partial charge in [-0.05, 0) is 6.42 Å². The molecule has 0 saturated heterocycles. The Morgan fingerprint density at radius 2 is 2.46 bits per heavy atom. The average Bonchev–Trinajstić information content (AvgIpc) is 2.57. The number of H-pyrrole nitrogens is 1. The molecular weight excluding hydrogens is 168 g/mol. The fraction of sp³-hybridized carbons (Fsp3) is 0.375. The van der Waals surface area contributed by atoms with Crippen molar-refractivity contribution in [3.05, 3.63) is 12.5 Å². The minimum absolute atomic E-state index is 0.511. The maximum atomic E-state index is 5.31. The zero-order chi connectivity index (χ0) is 9.10. The summed E-state index contributed by atoms with van der Waals surface area (Å²) in [6.07, 6.45) is 4.10. The fourth-order valence-corrected chi connectivity index (χ4v) is 1.01. The van der Waals surface area contributed by atoms with E-state index in [2.05, 4.69) is 19.9 Å². The first-order valence-electron chi connectivity index (χ1n) is 4.18. The molecule has 2 heterocycles. The number of hydrogen-bond acceptors (Lipinski definition) is 4. The van der Waals surface area contributed by atoms with E-state index in [-0.39, 0.29) is 0 Å². The van der Waals surface area contributed by atoms with Gasteiger partial charge in [0.15, 0.2) is 5.65 Å². The SMILES string of the molecule is CCCOc1nc2ncncc2[nH]1. The number of rotatable bonds is 3. The van der Waals surface area contributed by atoms with E-state index >= 15 is 0 Å². The van der Waals surface area contributed by atoms with Crippen molar-refractivity contribution in [2.45, 2.75) is 13.3 Å². The van der Waals surface area contributed by atoms with Gasteiger partial charge in [0.05, 0.1) is 12.8 Å². The lowest BCUT2D eigenvalue weighted by atomic mass is 10.5. The van der Waals surface area contributed by atoms with E-state index in [9.17, 15) is 0 Å². The molecule has 0 unspecified atom stereocenters. The Bertz CT molecular complexity index is 365. The molecule has 0 aliphatic carbocycles. The van der Waals surface area contributed by atoms with Crippen LogP contribution in [-0.4, -0.2) is 26.5 Å². The molecule has 0 bridgehead atoms. The monoisotopic (exact) mass is 178 g/mol. The van der Waals surface area contributed by atoms with Crippen LogP contribution in [-0.2, 0) is 0 Å². The van der Waals surface area contributed by atoms with E-state index < -0.39 is 0 Å². The van der Waals surface area contributed by atoms with Crippen LogP contribution in [0.2, 0.25) is 0 Å². The van der Waals surface area contributed by atoms with Crippen molar-refractivity contribution in [2.75, 3.05) is 6.61 Å². The van der Waals surface area contributed by atoms with Crippen LogP contribution in [0, 0.1) is 0 Å². The highest BCUT2D eigenvalue weighted by Crippen LogP contribution is 2.11. The zero-order valence-electron chi connectivity index (χ0n) is 7.32. The van der Waals surface area contributed by atoms with Gasteiger partial charge in [-0.15, -0.1) is 0 Å². The summed E-state index contributed by atoms with van der Waals surface area (Å²) in [5, 5.41) is 0. The quantitative estimate of drug-likeness (QED) is 0.765.